The van der Waals surface area contributed by atoms with Crippen LogP contribution in [0.3, 0.4) is 0 Å². The van der Waals surface area contributed by atoms with Gasteiger partial charge in [-0.15, -0.1) is 9.89 Å². The van der Waals surface area contributed by atoms with Gasteiger partial charge in [-0.3, -0.25) is 4.79 Å². The van der Waals surface area contributed by atoms with Crippen LogP contribution in [0.2, 0.25) is 10.0 Å². The summed E-state index contributed by atoms with van der Waals surface area (Å²) in [5.74, 6) is -0.331. The van der Waals surface area contributed by atoms with Crippen LogP contribution in [0.5, 0.6) is 0 Å². The third-order valence-electron chi connectivity index (χ3n) is 1.90. The lowest BCUT2D eigenvalue weighted by Crippen LogP contribution is -2.03. The van der Waals surface area contributed by atoms with Gasteiger partial charge < -0.3 is 0 Å². The van der Waals surface area contributed by atoms with Gasteiger partial charge in [0.05, 0.1) is 11.2 Å². The molecule has 7 heteroatoms. The number of ketones is 1. The molecule has 86 valence electrons. The Morgan fingerprint density at radius 2 is 2.24 bits per heavy atom. The van der Waals surface area contributed by atoms with Crippen molar-refractivity contribution in [2.45, 2.75) is 0 Å². The third-order valence-corrected chi connectivity index (χ3v) is 2.44. The normalized spacial score (nSPS) is 10.9. The van der Waals surface area contributed by atoms with Gasteiger partial charge in [-0.05, 0) is 18.2 Å². The van der Waals surface area contributed by atoms with Crippen molar-refractivity contribution < 1.29 is 4.79 Å². The molecule has 1 aromatic heterocycles. The summed E-state index contributed by atoms with van der Waals surface area (Å²) in [4.78, 5) is 16.6. The van der Waals surface area contributed by atoms with Crippen molar-refractivity contribution in [3.8, 4) is 0 Å². The number of halogens is 2. The van der Waals surface area contributed by atoms with Crippen LogP contribution in [-0.4, -0.2) is 26.9 Å². The Bertz CT molecular complexity index is 566. The molecule has 5 nitrogen and oxygen atoms in total. The number of aromatic nitrogens is 3. The van der Waals surface area contributed by atoms with E-state index in [4.69, 9.17) is 23.2 Å². The summed E-state index contributed by atoms with van der Waals surface area (Å²) in [6.45, 7) is 0. The number of hydrogen-bond donors (Lipinski definition) is 0. The van der Waals surface area contributed by atoms with Crippen LogP contribution in [0.1, 0.15) is 10.4 Å². The lowest BCUT2D eigenvalue weighted by atomic mass is 10.1. The number of nitrogens with zero attached hydrogens (tertiary/aromatic N) is 4. The van der Waals surface area contributed by atoms with Crippen LogP contribution < -0.4 is 0 Å². The molecule has 0 amide bonds. The van der Waals surface area contributed by atoms with Crippen molar-refractivity contribution in [3.63, 3.8) is 0 Å². The Labute approximate surface area is 107 Å². The molecule has 0 radical (unpaired) electrons. The molecule has 0 aliphatic heterocycles. The Balaban J connectivity index is 2.20. The van der Waals surface area contributed by atoms with E-state index in [0.29, 0.717) is 10.6 Å². The van der Waals surface area contributed by atoms with Gasteiger partial charge in [-0.2, -0.15) is 5.10 Å². The van der Waals surface area contributed by atoms with Crippen LogP contribution in [0.15, 0.2) is 36.0 Å². The third kappa shape index (κ3) is 2.89. The maximum absolute atomic E-state index is 11.7. The molecule has 0 aliphatic rings. The van der Waals surface area contributed by atoms with Gasteiger partial charge in [0, 0.05) is 10.6 Å². The monoisotopic (exact) mass is 268 g/mol. The molecule has 0 spiro atoms. The molecule has 2 rings (SSSR count). The Morgan fingerprint density at radius 1 is 1.41 bits per heavy atom. The minimum Gasteiger partial charge on any atom is -0.287 e. The van der Waals surface area contributed by atoms with E-state index in [-0.39, 0.29) is 10.8 Å². The van der Waals surface area contributed by atoms with Crippen molar-refractivity contribution in [1.82, 2.24) is 14.9 Å². The van der Waals surface area contributed by atoms with Crippen LogP contribution in [-0.2, 0) is 0 Å². The van der Waals surface area contributed by atoms with E-state index in [1.54, 1.807) is 12.1 Å². The van der Waals surface area contributed by atoms with Gasteiger partial charge in [-0.25, -0.2) is 4.98 Å². The van der Waals surface area contributed by atoms with Crippen molar-refractivity contribution >= 4 is 35.2 Å². The Kier molecular flexibility index (Phi) is 3.51. The topological polar surface area (TPSA) is 60.1 Å². The molecule has 2 aromatic rings. The predicted octanol–water partition coefficient (Wildman–Crippen LogP) is 2.30. The molecule has 0 saturated carbocycles. The Morgan fingerprint density at radius 3 is 2.88 bits per heavy atom. The zero-order valence-electron chi connectivity index (χ0n) is 8.42. The lowest BCUT2D eigenvalue weighted by Gasteiger charge is -1.99. The first-order valence-electron chi connectivity index (χ1n) is 4.55. The first-order chi connectivity index (χ1) is 8.16. The molecule has 1 heterocycles. The molecule has 0 saturated heterocycles. The van der Waals surface area contributed by atoms with Crippen molar-refractivity contribution in [2.24, 2.45) is 5.10 Å². The summed E-state index contributed by atoms with van der Waals surface area (Å²) in [7, 11) is 0. The number of hydrogen-bond acceptors (Lipinski definition) is 4. The largest absolute Gasteiger partial charge is 0.287 e. The fraction of sp³-hybridized carbons (Fsp3) is 0. The van der Waals surface area contributed by atoms with Gasteiger partial charge in [0.15, 0.2) is 0 Å². The SMILES string of the molecule is O=C(C=Nn1cncn1)c1ccc(Cl)cc1Cl. The summed E-state index contributed by atoms with van der Waals surface area (Å²) in [6, 6.07) is 4.63. The number of benzene rings is 1. The maximum Gasteiger partial charge on any atom is 0.207 e. The van der Waals surface area contributed by atoms with Gasteiger partial charge in [0.25, 0.3) is 0 Å². The van der Waals surface area contributed by atoms with E-state index in [1.165, 1.54) is 23.5 Å². The van der Waals surface area contributed by atoms with Gasteiger partial charge in [0.2, 0.25) is 5.78 Å². The molecule has 1 aromatic carbocycles. The highest BCUT2D eigenvalue weighted by Crippen LogP contribution is 2.20. The quantitative estimate of drug-likeness (QED) is 0.634. The number of Topliss-reactive ketones (excluding diaryl/α,β-unsaturated/α-hetero) is 1. The van der Waals surface area contributed by atoms with Gasteiger partial charge in [-0.1, -0.05) is 23.2 Å². The zero-order valence-corrected chi connectivity index (χ0v) is 9.93. The molecule has 0 N–H and O–H groups in total. The molecular weight excluding hydrogens is 263 g/mol. The minimum absolute atomic E-state index is 0.285. The molecule has 0 bridgehead atoms. The summed E-state index contributed by atoms with van der Waals surface area (Å²) in [6.07, 6.45) is 3.80. The lowest BCUT2D eigenvalue weighted by molar-refractivity contribution is 0.107. The second kappa shape index (κ2) is 5.07. The number of rotatable bonds is 3. The fourth-order valence-corrected chi connectivity index (χ4v) is 1.63. The highest BCUT2D eigenvalue weighted by Gasteiger charge is 2.08. The smallest absolute Gasteiger partial charge is 0.207 e. The van der Waals surface area contributed by atoms with Crippen molar-refractivity contribution in [2.75, 3.05) is 0 Å². The summed E-state index contributed by atoms with van der Waals surface area (Å²) < 4.78 is 0. The van der Waals surface area contributed by atoms with E-state index >= 15 is 0 Å². The minimum atomic E-state index is -0.331. The molecule has 0 atom stereocenters. The van der Waals surface area contributed by atoms with Gasteiger partial charge in [0.1, 0.15) is 12.7 Å². The highest BCUT2D eigenvalue weighted by molar-refractivity contribution is 6.43. The fourth-order valence-electron chi connectivity index (χ4n) is 1.13. The number of carbonyl (C=O) groups is 1. The first-order valence-corrected chi connectivity index (χ1v) is 5.31. The van der Waals surface area contributed by atoms with E-state index in [2.05, 4.69) is 15.2 Å². The van der Waals surface area contributed by atoms with Crippen LogP contribution >= 0.6 is 23.2 Å². The predicted molar refractivity (Wildman–Crippen MR) is 64.7 cm³/mol. The summed E-state index contributed by atoms with van der Waals surface area (Å²) in [5.41, 5.74) is 0.333. The Hall–Kier alpha value is -1.72. The molecule has 0 unspecified atom stereocenters. The molecule has 0 aliphatic carbocycles. The zero-order chi connectivity index (χ0) is 12.3. The molecular formula is C10H6Cl2N4O. The van der Waals surface area contributed by atoms with E-state index in [9.17, 15) is 4.79 Å². The summed E-state index contributed by atoms with van der Waals surface area (Å²) >= 11 is 11.6. The summed E-state index contributed by atoms with van der Waals surface area (Å²) in [5, 5.41) is 8.26. The standard InChI is InChI=1S/C10H6Cl2N4O/c11-7-1-2-8(9(12)3-7)10(17)4-14-16-6-13-5-15-16/h1-6H. The van der Waals surface area contributed by atoms with Crippen LogP contribution in [0.4, 0.5) is 0 Å². The van der Waals surface area contributed by atoms with Crippen molar-refractivity contribution in [3.05, 3.63) is 46.5 Å². The maximum atomic E-state index is 11.7. The number of carbonyl (C=O) groups excluding carboxylic acids is 1. The van der Waals surface area contributed by atoms with E-state index in [1.807, 2.05) is 0 Å². The van der Waals surface area contributed by atoms with Crippen LogP contribution in [0.25, 0.3) is 0 Å². The first kappa shape index (κ1) is 11.8. The van der Waals surface area contributed by atoms with E-state index in [0.717, 1.165) is 6.21 Å². The van der Waals surface area contributed by atoms with Gasteiger partial charge >= 0.3 is 0 Å². The second-order valence-corrected chi connectivity index (χ2v) is 3.89. The van der Waals surface area contributed by atoms with Crippen molar-refractivity contribution in [1.29, 1.82) is 0 Å². The second-order valence-electron chi connectivity index (χ2n) is 3.05. The molecule has 17 heavy (non-hydrogen) atoms. The average Bonchev–Trinajstić information content (AvgIpc) is 2.78. The van der Waals surface area contributed by atoms with Crippen LogP contribution in [0, 0.1) is 0 Å². The highest BCUT2D eigenvalue weighted by atomic mass is 35.5. The average molecular weight is 269 g/mol. The molecule has 0 fully saturated rings. The van der Waals surface area contributed by atoms with E-state index < -0.39 is 0 Å².